The largest absolute Gasteiger partial charge is 0.457 e. The van der Waals surface area contributed by atoms with Gasteiger partial charge in [0.25, 0.3) is 0 Å². The molecule has 0 radical (unpaired) electrons. The van der Waals surface area contributed by atoms with Crippen molar-refractivity contribution >= 4 is 17.4 Å². The molecule has 0 aliphatic heterocycles. The van der Waals surface area contributed by atoms with E-state index in [1.54, 1.807) is 42.5 Å². The molecular weight excluding hydrogens is 374 g/mol. The van der Waals surface area contributed by atoms with Crippen LogP contribution in [0.5, 0.6) is 23.0 Å². The zero-order valence-corrected chi connectivity index (χ0v) is 15.1. The molecule has 9 heteroatoms. The Kier molecular flexibility index (Phi) is 5.40. The number of ether oxygens (including phenoxy) is 2. The molecule has 6 N–H and O–H groups in total. The SMILES string of the molecule is N=C(N)c1cccc(Oc2ccc([N+](=O)[O-])c(Oc3cccc(C(=N)N)c3)c2)c1. The lowest BCUT2D eigenvalue weighted by Gasteiger charge is -2.11. The summed E-state index contributed by atoms with van der Waals surface area (Å²) in [6.07, 6.45) is 0. The monoisotopic (exact) mass is 391 g/mol. The number of nitrogens with two attached hydrogens (primary N) is 2. The number of amidine groups is 2. The number of nitrogens with one attached hydrogen (secondary N) is 2. The topological polar surface area (TPSA) is 161 Å². The van der Waals surface area contributed by atoms with Crippen molar-refractivity contribution in [2.24, 2.45) is 11.5 Å². The Bertz CT molecular complexity index is 1110. The van der Waals surface area contributed by atoms with Gasteiger partial charge in [-0.3, -0.25) is 20.9 Å². The van der Waals surface area contributed by atoms with Gasteiger partial charge >= 0.3 is 5.69 Å². The van der Waals surface area contributed by atoms with Crippen molar-refractivity contribution in [2.45, 2.75) is 0 Å². The van der Waals surface area contributed by atoms with Crippen LogP contribution in [0.1, 0.15) is 11.1 Å². The summed E-state index contributed by atoms with van der Waals surface area (Å²) in [7, 11) is 0. The molecule has 0 fully saturated rings. The molecule has 3 aromatic carbocycles. The second-order valence-corrected chi connectivity index (χ2v) is 5.97. The van der Waals surface area contributed by atoms with Crippen molar-refractivity contribution in [1.29, 1.82) is 10.8 Å². The predicted molar refractivity (Wildman–Crippen MR) is 108 cm³/mol. The fourth-order valence-electron chi connectivity index (χ4n) is 2.51. The molecule has 0 heterocycles. The van der Waals surface area contributed by atoms with Crippen LogP contribution < -0.4 is 20.9 Å². The van der Waals surface area contributed by atoms with E-state index in [0.29, 0.717) is 22.6 Å². The molecule has 3 rings (SSSR count). The summed E-state index contributed by atoms with van der Waals surface area (Å²) < 4.78 is 11.4. The number of nitrogen functional groups attached to an aromatic ring is 2. The zero-order chi connectivity index (χ0) is 21.0. The van der Waals surface area contributed by atoms with Gasteiger partial charge in [0.2, 0.25) is 5.75 Å². The van der Waals surface area contributed by atoms with E-state index in [4.69, 9.17) is 31.8 Å². The average molecular weight is 391 g/mol. The van der Waals surface area contributed by atoms with Crippen LogP contribution in [-0.2, 0) is 0 Å². The number of hydrogen-bond acceptors (Lipinski definition) is 6. The van der Waals surface area contributed by atoms with Crippen molar-refractivity contribution in [3.63, 3.8) is 0 Å². The highest BCUT2D eigenvalue weighted by Gasteiger charge is 2.18. The van der Waals surface area contributed by atoms with Crippen molar-refractivity contribution in [2.75, 3.05) is 0 Å². The molecule has 0 unspecified atom stereocenters. The molecule has 0 amide bonds. The molecule has 146 valence electrons. The van der Waals surface area contributed by atoms with Gasteiger partial charge in [0.15, 0.2) is 0 Å². The lowest BCUT2D eigenvalue weighted by atomic mass is 10.2. The maximum Gasteiger partial charge on any atom is 0.311 e. The van der Waals surface area contributed by atoms with E-state index >= 15 is 0 Å². The maximum absolute atomic E-state index is 11.4. The standard InChI is InChI=1S/C20H17N5O4/c21-19(22)12-3-1-5-14(9-12)28-16-7-8-17(25(26)27)18(11-16)29-15-6-2-4-13(10-15)20(23)24/h1-11H,(H3,21,22)(H3,23,24). The molecule has 0 atom stereocenters. The van der Waals surface area contributed by atoms with Gasteiger partial charge in [-0.1, -0.05) is 24.3 Å². The predicted octanol–water partition coefficient (Wildman–Crippen LogP) is 3.75. The fourth-order valence-corrected chi connectivity index (χ4v) is 2.51. The fraction of sp³-hybridized carbons (Fsp3) is 0. The summed E-state index contributed by atoms with van der Waals surface area (Å²) in [6, 6.07) is 17.1. The van der Waals surface area contributed by atoms with E-state index < -0.39 is 4.92 Å². The maximum atomic E-state index is 11.4. The van der Waals surface area contributed by atoms with E-state index in [2.05, 4.69) is 0 Å². The average Bonchev–Trinajstić information content (AvgIpc) is 2.68. The summed E-state index contributed by atoms with van der Waals surface area (Å²) in [6.45, 7) is 0. The van der Waals surface area contributed by atoms with Crippen LogP contribution in [-0.4, -0.2) is 16.6 Å². The van der Waals surface area contributed by atoms with Gasteiger partial charge in [0.1, 0.15) is 28.9 Å². The minimum atomic E-state index is -0.565. The second kappa shape index (κ2) is 8.09. The summed E-state index contributed by atoms with van der Waals surface area (Å²) >= 11 is 0. The van der Waals surface area contributed by atoms with E-state index in [9.17, 15) is 10.1 Å². The number of rotatable bonds is 7. The van der Waals surface area contributed by atoms with Gasteiger partial charge in [-0.25, -0.2) is 0 Å². The molecule has 3 aromatic rings. The van der Waals surface area contributed by atoms with Crippen LogP contribution >= 0.6 is 0 Å². The highest BCUT2D eigenvalue weighted by molar-refractivity contribution is 5.95. The molecule has 0 spiro atoms. The van der Waals surface area contributed by atoms with Gasteiger partial charge in [0, 0.05) is 23.3 Å². The molecule has 9 nitrogen and oxygen atoms in total. The molecule has 0 bridgehead atoms. The van der Waals surface area contributed by atoms with E-state index in [1.165, 1.54) is 24.3 Å². The molecular formula is C20H17N5O4. The third-order valence-electron chi connectivity index (χ3n) is 3.88. The van der Waals surface area contributed by atoms with Gasteiger partial charge < -0.3 is 20.9 Å². The zero-order valence-electron chi connectivity index (χ0n) is 15.1. The quantitative estimate of drug-likeness (QED) is 0.207. The van der Waals surface area contributed by atoms with Crippen molar-refractivity contribution in [1.82, 2.24) is 0 Å². The molecule has 0 aromatic heterocycles. The van der Waals surface area contributed by atoms with Crippen LogP contribution in [0.4, 0.5) is 5.69 Å². The first kappa shape index (κ1) is 19.4. The third-order valence-corrected chi connectivity index (χ3v) is 3.88. The number of hydrogen-bond donors (Lipinski definition) is 4. The van der Waals surface area contributed by atoms with Crippen molar-refractivity contribution in [3.8, 4) is 23.0 Å². The van der Waals surface area contributed by atoms with Crippen molar-refractivity contribution in [3.05, 3.63) is 88.0 Å². The molecule has 0 aliphatic rings. The summed E-state index contributed by atoms with van der Waals surface area (Å²) in [5, 5.41) is 26.4. The number of benzene rings is 3. The Balaban J connectivity index is 1.93. The minimum Gasteiger partial charge on any atom is -0.457 e. The van der Waals surface area contributed by atoms with Crippen LogP contribution in [0, 0.1) is 20.9 Å². The first-order valence-corrected chi connectivity index (χ1v) is 8.36. The van der Waals surface area contributed by atoms with Gasteiger partial charge in [-0.2, -0.15) is 0 Å². The lowest BCUT2D eigenvalue weighted by molar-refractivity contribution is -0.385. The number of nitrogens with zero attached hydrogens (tertiary/aromatic N) is 1. The van der Waals surface area contributed by atoms with Gasteiger partial charge in [-0.15, -0.1) is 0 Å². The second-order valence-electron chi connectivity index (χ2n) is 5.97. The first-order valence-electron chi connectivity index (χ1n) is 8.36. The molecule has 0 saturated heterocycles. The van der Waals surface area contributed by atoms with Gasteiger partial charge in [-0.05, 0) is 30.3 Å². The molecule has 29 heavy (non-hydrogen) atoms. The Hall–Kier alpha value is -4.40. The summed E-state index contributed by atoms with van der Waals surface area (Å²) in [5.74, 6) is 0.721. The minimum absolute atomic E-state index is 0.0316. The molecule has 0 saturated carbocycles. The van der Waals surface area contributed by atoms with E-state index in [0.717, 1.165) is 0 Å². The lowest BCUT2D eigenvalue weighted by Crippen LogP contribution is -2.10. The first-order chi connectivity index (χ1) is 13.8. The Labute approximate surface area is 165 Å². The van der Waals surface area contributed by atoms with Crippen LogP contribution in [0.25, 0.3) is 0 Å². The van der Waals surface area contributed by atoms with E-state index in [-0.39, 0.29) is 28.9 Å². The molecule has 0 aliphatic carbocycles. The van der Waals surface area contributed by atoms with Crippen LogP contribution in [0.3, 0.4) is 0 Å². The Morgan fingerprint density at radius 2 is 1.31 bits per heavy atom. The number of nitro benzene ring substituents is 1. The van der Waals surface area contributed by atoms with Crippen LogP contribution in [0.2, 0.25) is 0 Å². The summed E-state index contributed by atoms with van der Waals surface area (Å²) in [5.41, 5.74) is 11.6. The Morgan fingerprint density at radius 1 is 0.793 bits per heavy atom. The van der Waals surface area contributed by atoms with E-state index in [1.807, 2.05) is 0 Å². The highest BCUT2D eigenvalue weighted by atomic mass is 16.6. The Morgan fingerprint density at radius 3 is 1.83 bits per heavy atom. The normalized spacial score (nSPS) is 10.2. The third kappa shape index (κ3) is 4.66. The van der Waals surface area contributed by atoms with Crippen LogP contribution in [0.15, 0.2) is 66.7 Å². The smallest absolute Gasteiger partial charge is 0.311 e. The number of nitro groups is 1. The van der Waals surface area contributed by atoms with Crippen molar-refractivity contribution < 1.29 is 14.4 Å². The highest BCUT2D eigenvalue weighted by Crippen LogP contribution is 2.36. The van der Waals surface area contributed by atoms with Gasteiger partial charge in [0.05, 0.1) is 4.92 Å². The summed E-state index contributed by atoms with van der Waals surface area (Å²) in [4.78, 5) is 10.8.